The summed E-state index contributed by atoms with van der Waals surface area (Å²) in [4.78, 5) is 29.4. The quantitative estimate of drug-likeness (QED) is 0.334. The molecule has 7 nitrogen and oxygen atoms in total. The highest BCUT2D eigenvalue weighted by Gasteiger charge is 2.23. The zero-order valence-corrected chi connectivity index (χ0v) is 20.4. The minimum atomic E-state index is -1.03. The number of pyridine rings is 1. The third-order valence-electron chi connectivity index (χ3n) is 6.37. The summed E-state index contributed by atoms with van der Waals surface area (Å²) in [6, 6.07) is 15.0. The number of nitrogens with zero attached hydrogens (tertiary/aromatic N) is 2. The molecule has 0 unspecified atom stereocenters. The van der Waals surface area contributed by atoms with Crippen LogP contribution >= 0.6 is 0 Å². The van der Waals surface area contributed by atoms with Crippen LogP contribution in [-0.4, -0.2) is 52.4 Å². The van der Waals surface area contributed by atoms with E-state index in [1.165, 1.54) is 30.3 Å². The van der Waals surface area contributed by atoms with Crippen LogP contribution in [0.4, 0.5) is 9.18 Å². The molecule has 0 aliphatic carbocycles. The molecule has 1 heterocycles. The van der Waals surface area contributed by atoms with E-state index in [2.05, 4.69) is 4.98 Å². The van der Waals surface area contributed by atoms with Crippen LogP contribution < -0.4 is 0 Å². The zero-order chi connectivity index (χ0) is 26.1. The Hall–Kier alpha value is -3.78. The van der Waals surface area contributed by atoms with Crippen LogP contribution in [0, 0.1) is 5.82 Å². The molecule has 2 N–H and O–H groups in total. The summed E-state index contributed by atoms with van der Waals surface area (Å²) in [6.45, 7) is 2.17. The van der Waals surface area contributed by atoms with E-state index >= 15 is 0 Å². The standard InChI is InChI=1S/C28H31FN2O5/c1-19(20-5-7-23(8-6-20)24-16-25(18-30-17-24)27(33)36-2)31(28(34)35)14-13-21(4-3-15-32)22-9-11-26(29)12-10-22/h5-12,16-19,21,32H,3-4,13-15H2,1-2H3,(H,34,35)/t19-,21-/m0/s1. The van der Waals surface area contributed by atoms with Gasteiger partial charge < -0.3 is 19.8 Å². The molecule has 0 spiro atoms. The Morgan fingerprint density at radius 1 is 1.00 bits per heavy atom. The summed E-state index contributed by atoms with van der Waals surface area (Å²) in [6.07, 6.45) is 3.87. The highest BCUT2D eigenvalue weighted by Crippen LogP contribution is 2.29. The van der Waals surface area contributed by atoms with E-state index in [1.54, 1.807) is 24.4 Å². The molecule has 1 aromatic heterocycles. The molecular formula is C28H31FN2O5. The van der Waals surface area contributed by atoms with Gasteiger partial charge in [0.1, 0.15) is 5.82 Å². The maximum Gasteiger partial charge on any atom is 0.407 e. The number of rotatable bonds is 11. The number of benzene rings is 2. The summed E-state index contributed by atoms with van der Waals surface area (Å²) in [5.74, 6) is -0.787. The number of hydrogen-bond donors (Lipinski definition) is 2. The molecule has 2 aromatic carbocycles. The van der Waals surface area contributed by atoms with Gasteiger partial charge in [-0.3, -0.25) is 4.98 Å². The number of aliphatic hydroxyl groups excluding tert-OH is 1. The Morgan fingerprint density at radius 2 is 1.67 bits per heavy atom. The molecular weight excluding hydrogens is 463 g/mol. The van der Waals surface area contributed by atoms with E-state index in [0.717, 1.165) is 22.3 Å². The molecule has 1 amide bonds. The zero-order valence-electron chi connectivity index (χ0n) is 20.4. The summed E-state index contributed by atoms with van der Waals surface area (Å²) in [5, 5.41) is 19.2. The highest BCUT2D eigenvalue weighted by atomic mass is 19.1. The number of amides is 1. The van der Waals surface area contributed by atoms with Crippen LogP contribution in [0.1, 0.15) is 59.6 Å². The van der Waals surface area contributed by atoms with Crippen molar-refractivity contribution in [2.45, 2.75) is 38.1 Å². The van der Waals surface area contributed by atoms with Crippen molar-refractivity contribution in [3.05, 3.63) is 89.5 Å². The van der Waals surface area contributed by atoms with Gasteiger partial charge in [0.05, 0.1) is 18.7 Å². The first-order chi connectivity index (χ1) is 17.3. The highest BCUT2D eigenvalue weighted by molar-refractivity contribution is 5.90. The van der Waals surface area contributed by atoms with Crippen molar-refractivity contribution in [3.8, 4) is 11.1 Å². The minimum Gasteiger partial charge on any atom is -0.465 e. The molecule has 36 heavy (non-hydrogen) atoms. The molecule has 0 bridgehead atoms. The first kappa shape index (κ1) is 26.8. The van der Waals surface area contributed by atoms with Gasteiger partial charge in [-0.1, -0.05) is 36.4 Å². The van der Waals surface area contributed by atoms with Gasteiger partial charge in [-0.15, -0.1) is 0 Å². The lowest BCUT2D eigenvalue weighted by Crippen LogP contribution is -2.34. The second kappa shape index (κ2) is 12.8. The fourth-order valence-corrected chi connectivity index (χ4v) is 4.26. The molecule has 0 aliphatic heterocycles. The molecule has 8 heteroatoms. The number of hydrogen-bond acceptors (Lipinski definition) is 5. The number of carbonyl (C=O) groups is 2. The fraction of sp³-hybridized carbons (Fsp3) is 0.321. The number of carbonyl (C=O) groups excluding carboxylic acids is 1. The van der Waals surface area contributed by atoms with Crippen LogP contribution in [0.2, 0.25) is 0 Å². The van der Waals surface area contributed by atoms with Gasteiger partial charge in [0.25, 0.3) is 0 Å². The lowest BCUT2D eigenvalue weighted by atomic mass is 9.90. The second-order valence-electron chi connectivity index (χ2n) is 8.63. The van der Waals surface area contributed by atoms with E-state index < -0.39 is 18.1 Å². The minimum absolute atomic E-state index is 0.00348. The average molecular weight is 495 g/mol. The average Bonchev–Trinajstić information content (AvgIpc) is 2.90. The third kappa shape index (κ3) is 6.88. The molecule has 3 rings (SSSR count). The van der Waals surface area contributed by atoms with Crippen molar-refractivity contribution < 1.29 is 28.9 Å². The number of methoxy groups -OCH3 is 1. The molecule has 190 valence electrons. The number of aromatic nitrogens is 1. The van der Waals surface area contributed by atoms with Crippen LogP contribution in [0.15, 0.2) is 67.0 Å². The molecule has 0 aliphatic rings. The lowest BCUT2D eigenvalue weighted by Gasteiger charge is -2.29. The van der Waals surface area contributed by atoms with E-state index in [1.807, 2.05) is 31.2 Å². The van der Waals surface area contributed by atoms with Crippen molar-refractivity contribution >= 4 is 12.1 Å². The molecule has 0 fully saturated rings. The third-order valence-corrected chi connectivity index (χ3v) is 6.37. The molecule has 0 saturated carbocycles. The van der Waals surface area contributed by atoms with Crippen LogP contribution in [0.25, 0.3) is 11.1 Å². The normalized spacial score (nSPS) is 12.6. The van der Waals surface area contributed by atoms with Gasteiger partial charge in [-0.05, 0) is 67.0 Å². The predicted octanol–water partition coefficient (Wildman–Crippen LogP) is 5.66. The fourth-order valence-electron chi connectivity index (χ4n) is 4.26. The molecule has 3 aromatic rings. The summed E-state index contributed by atoms with van der Waals surface area (Å²) in [5.41, 5.74) is 3.69. The van der Waals surface area contributed by atoms with Crippen molar-refractivity contribution in [1.29, 1.82) is 0 Å². The topological polar surface area (TPSA) is 100.0 Å². The van der Waals surface area contributed by atoms with Crippen molar-refractivity contribution in [3.63, 3.8) is 0 Å². The van der Waals surface area contributed by atoms with Gasteiger partial charge in [-0.25, -0.2) is 14.0 Å². The number of carboxylic acid groups (broad SMARTS) is 1. The SMILES string of the molecule is COC(=O)c1cncc(-c2ccc([C@H](C)N(CC[C@H](CCCO)c3ccc(F)cc3)C(=O)O)cc2)c1. The predicted molar refractivity (Wildman–Crippen MR) is 134 cm³/mol. The van der Waals surface area contributed by atoms with E-state index in [-0.39, 0.29) is 24.9 Å². The van der Waals surface area contributed by atoms with E-state index in [0.29, 0.717) is 24.8 Å². The smallest absolute Gasteiger partial charge is 0.407 e. The van der Waals surface area contributed by atoms with Gasteiger partial charge in [0.2, 0.25) is 0 Å². The molecule has 0 radical (unpaired) electrons. The Balaban J connectivity index is 1.74. The van der Waals surface area contributed by atoms with E-state index in [9.17, 15) is 24.2 Å². The van der Waals surface area contributed by atoms with E-state index in [4.69, 9.17) is 4.74 Å². The number of halogens is 1. The largest absolute Gasteiger partial charge is 0.465 e. The van der Waals surface area contributed by atoms with Crippen LogP contribution in [0.3, 0.4) is 0 Å². The van der Waals surface area contributed by atoms with Gasteiger partial charge >= 0.3 is 12.1 Å². The van der Waals surface area contributed by atoms with Gasteiger partial charge in [0, 0.05) is 31.1 Å². The Morgan fingerprint density at radius 3 is 2.28 bits per heavy atom. The Kier molecular flexibility index (Phi) is 9.53. The first-order valence-electron chi connectivity index (χ1n) is 11.8. The maximum absolute atomic E-state index is 13.4. The summed E-state index contributed by atoms with van der Waals surface area (Å²) >= 11 is 0. The van der Waals surface area contributed by atoms with Crippen molar-refractivity contribution in [1.82, 2.24) is 9.88 Å². The first-order valence-corrected chi connectivity index (χ1v) is 11.8. The number of ether oxygens (including phenoxy) is 1. The lowest BCUT2D eigenvalue weighted by molar-refractivity contribution is 0.0600. The molecule has 0 saturated heterocycles. The van der Waals surface area contributed by atoms with Gasteiger partial charge in [0.15, 0.2) is 0 Å². The van der Waals surface area contributed by atoms with Crippen LogP contribution in [0.5, 0.6) is 0 Å². The maximum atomic E-state index is 13.4. The number of esters is 1. The second-order valence-corrected chi connectivity index (χ2v) is 8.63. The Labute approximate surface area is 210 Å². The van der Waals surface area contributed by atoms with Crippen LogP contribution in [-0.2, 0) is 4.74 Å². The van der Waals surface area contributed by atoms with Crippen molar-refractivity contribution in [2.24, 2.45) is 0 Å². The summed E-state index contributed by atoms with van der Waals surface area (Å²) in [7, 11) is 1.31. The summed E-state index contributed by atoms with van der Waals surface area (Å²) < 4.78 is 18.1. The Bertz CT molecular complexity index is 1150. The van der Waals surface area contributed by atoms with Crippen molar-refractivity contribution in [2.75, 3.05) is 20.3 Å². The molecule has 2 atom stereocenters. The number of aliphatic hydroxyl groups is 1. The monoisotopic (exact) mass is 494 g/mol. The van der Waals surface area contributed by atoms with Gasteiger partial charge in [-0.2, -0.15) is 0 Å².